The van der Waals surface area contributed by atoms with Crippen molar-refractivity contribution in [1.29, 1.82) is 0 Å². The predicted octanol–water partition coefficient (Wildman–Crippen LogP) is -1.26. The lowest BCUT2D eigenvalue weighted by atomic mass is 10.1. The fraction of sp³-hybridized carbons (Fsp3) is 1.00. The van der Waals surface area contributed by atoms with E-state index in [0.29, 0.717) is 0 Å². The van der Waals surface area contributed by atoms with E-state index in [9.17, 15) is 0 Å². The Bertz CT molecular complexity index is 83.8. The van der Waals surface area contributed by atoms with E-state index in [0.717, 1.165) is 0 Å². The van der Waals surface area contributed by atoms with Gasteiger partial charge in [0, 0.05) is 7.11 Å². The van der Waals surface area contributed by atoms with E-state index < -0.39 is 18.3 Å². The third-order valence-corrected chi connectivity index (χ3v) is 1.23. The Morgan fingerprint density at radius 3 is 2.10 bits per heavy atom. The highest BCUT2D eigenvalue weighted by Gasteiger charge is 2.20. The van der Waals surface area contributed by atoms with Gasteiger partial charge in [0.2, 0.25) is 0 Å². The Labute approximate surface area is 60.1 Å². The molecule has 0 saturated carbocycles. The number of aliphatic hydroxyl groups excluding tert-OH is 3. The fourth-order valence-electron chi connectivity index (χ4n) is 0.591. The molecule has 0 bridgehead atoms. The van der Waals surface area contributed by atoms with Gasteiger partial charge in [-0.3, -0.25) is 0 Å². The van der Waals surface area contributed by atoms with Crippen LogP contribution < -0.4 is 0 Å². The van der Waals surface area contributed by atoms with Crippen molar-refractivity contribution in [1.82, 2.24) is 0 Å². The number of ether oxygens (including phenoxy) is 1. The van der Waals surface area contributed by atoms with Crippen molar-refractivity contribution < 1.29 is 20.1 Å². The SMILES string of the molecule is COCC(O)C(O)[C@@H](C)O. The van der Waals surface area contributed by atoms with E-state index in [1.54, 1.807) is 0 Å². The molecular weight excluding hydrogens is 136 g/mol. The summed E-state index contributed by atoms with van der Waals surface area (Å²) in [6.07, 6.45) is -3.06. The molecule has 10 heavy (non-hydrogen) atoms. The van der Waals surface area contributed by atoms with Crippen LogP contribution in [-0.4, -0.2) is 47.3 Å². The monoisotopic (exact) mass is 150 g/mol. The van der Waals surface area contributed by atoms with E-state index in [2.05, 4.69) is 4.74 Å². The zero-order chi connectivity index (χ0) is 8.15. The van der Waals surface area contributed by atoms with Crippen LogP contribution in [0.2, 0.25) is 0 Å². The quantitative estimate of drug-likeness (QED) is 0.467. The molecule has 0 aliphatic carbocycles. The summed E-state index contributed by atoms with van der Waals surface area (Å²) in [5.41, 5.74) is 0. The van der Waals surface area contributed by atoms with Gasteiger partial charge in [0.25, 0.3) is 0 Å². The maximum Gasteiger partial charge on any atom is 0.108 e. The highest BCUT2D eigenvalue weighted by molar-refractivity contribution is 4.70. The molecule has 0 amide bonds. The minimum absolute atomic E-state index is 0.0338. The maximum absolute atomic E-state index is 8.95. The van der Waals surface area contributed by atoms with E-state index in [1.165, 1.54) is 14.0 Å². The molecule has 3 atom stereocenters. The minimum atomic E-state index is -1.13. The molecule has 0 spiro atoms. The molecular formula is C6H14O4. The van der Waals surface area contributed by atoms with Crippen molar-refractivity contribution in [2.45, 2.75) is 25.2 Å². The molecule has 0 heterocycles. The van der Waals surface area contributed by atoms with Gasteiger partial charge >= 0.3 is 0 Å². The third-order valence-electron chi connectivity index (χ3n) is 1.23. The molecule has 0 fully saturated rings. The summed E-state index contributed by atoms with van der Waals surface area (Å²) in [7, 11) is 1.41. The minimum Gasteiger partial charge on any atom is -0.391 e. The maximum atomic E-state index is 8.95. The lowest BCUT2D eigenvalue weighted by Crippen LogP contribution is -2.38. The van der Waals surface area contributed by atoms with Crippen LogP contribution in [0.4, 0.5) is 0 Å². The smallest absolute Gasteiger partial charge is 0.108 e. The predicted molar refractivity (Wildman–Crippen MR) is 35.6 cm³/mol. The van der Waals surface area contributed by atoms with Crippen molar-refractivity contribution in [3.8, 4) is 0 Å². The van der Waals surface area contributed by atoms with Gasteiger partial charge in [-0.15, -0.1) is 0 Å². The van der Waals surface area contributed by atoms with Crippen LogP contribution in [0, 0.1) is 0 Å². The molecule has 0 aliphatic heterocycles. The van der Waals surface area contributed by atoms with E-state index in [-0.39, 0.29) is 6.61 Å². The summed E-state index contributed by atoms with van der Waals surface area (Å²) in [4.78, 5) is 0. The standard InChI is InChI=1S/C6H14O4/c1-4(7)6(9)5(8)3-10-2/h4-9H,3H2,1-2H3/t4-,5?,6?/m1/s1. The van der Waals surface area contributed by atoms with Crippen molar-refractivity contribution in [2.24, 2.45) is 0 Å². The summed E-state index contributed by atoms with van der Waals surface area (Å²) in [5.74, 6) is 0. The zero-order valence-electron chi connectivity index (χ0n) is 6.19. The summed E-state index contributed by atoms with van der Waals surface area (Å²) in [6.45, 7) is 1.44. The molecule has 0 aromatic heterocycles. The number of hydrogen-bond acceptors (Lipinski definition) is 4. The number of aliphatic hydroxyl groups is 3. The second kappa shape index (κ2) is 4.62. The molecule has 0 saturated heterocycles. The van der Waals surface area contributed by atoms with Crippen LogP contribution >= 0.6 is 0 Å². The summed E-state index contributed by atoms with van der Waals surface area (Å²) in [6, 6.07) is 0. The molecule has 0 aromatic rings. The molecule has 4 nitrogen and oxygen atoms in total. The first kappa shape index (κ1) is 9.84. The zero-order valence-corrected chi connectivity index (χ0v) is 6.19. The van der Waals surface area contributed by atoms with Gasteiger partial charge in [-0.05, 0) is 6.92 Å². The largest absolute Gasteiger partial charge is 0.391 e. The van der Waals surface area contributed by atoms with Gasteiger partial charge in [0.05, 0.1) is 12.7 Å². The Balaban J connectivity index is 3.58. The Hall–Kier alpha value is -0.160. The van der Waals surface area contributed by atoms with Crippen molar-refractivity contribution in [3.05, 3.63) is 0 Å². The first-order chi connectivity index (χ1) is 4.59. The summed E-state index contributed by atoms with van der Waals surface area (Å²) in [5, 5.41) is 26.7. The van der Waals surface area contributed by atoms with Gasteiger partial charge in [-0.1, -0.05) is 0 Å². The third kappa shape index (κ3) is 3.12. The lowest BCUT2D eigenvalue weighted by molar-refractivity contribution is -0.0761. The van der Waals surface area contributed by atoms with Crippen molar-refractivity contribution in [3.63, 3.8) is 0 Å². The Kier molecular flexibility index (Phi) is 4.55. The lowest BCUT2D eigenvalue weighted by Gasteiger charge is -2.18. The number of methoxy groups -OCH3 is 1. The molecule has 0 rings (SSSR count). The van der Waals surface area contributed by atoms with Crippen molar-refractivity contribution >= 4 is 0 Å². The molecule has 0 aliphatic rings. The van der Waals surface area contributed by atoms with Crippen LogP contribution in [0.3, 0.4) is 0 Å². The molecule has 4 heteroatoms. The Morgan fingerprint density at radius 2 is 1.80 bits per heavy atom. The molecule has 0 radical (unpaired) electrons. The first-order valence-electron chi connectivity index (χ1n) is 3.12. The van der Waals surface area contributed by atoms with Gasteiger partial charge in [-0.2, -0.15) is 0 Å². The molecule has 2 unspecified atom stereocenters. The number of rotatable bonds is 4. The van der Waals surface area contributed by atoms with Gasteiger partial charge in [0.15, 0.2) is 0 Å². The van der Waals surface area contributed by atoms with E-state index in [1.807, 2.05) is 0 Å². The molecule has 62 valence electrons. The second-order valence-corrected chi connectivity index (χ2v) is 2.25. The van der Waals surface area contributed by atoms with Crippen LogP contribution in [0.15, 0.2) is 0 Å². The number of hydrogen-bond donors (Lipinski definition) is 3. The normalized spacial score (nSPS) is 20.1. The highest BCUT2D eigenvalue weighted by Crippen LogP contribution is 1.98. The van der Waals surface area contributed by atoms with Gasteiger partial charge in [-0.25, -0.2) is 0 Å². The van der Waals surface area contributed by atoms with Crippen LogP contribution in [0.5, 0.6) is 0 Å². The Morgan fingerprint density at radius 1 is 1.30 bits per heavy atom. The average molecular weight is 150 g/mol. The fourth-order valence-corrected chi connectivity index (χ4v) is 0.591. The summed E-state index contributed by atoms with van der Waals surface area (Å²) < 4.78 is 4.55. The van der Waals surface area contributed by atoms with Crippen LogP contribution in [-0.2, 0) is 4.74 Å². The van der Waals surface area contributed by atoms with Crippen LogP contribution in [0.1, 0.15) is 6.92 Å². The van der Waals surface area contributed by atoms with Crippen molar-refractivity contribution in [2.75, 3.05) is 13.7 Å². The topological polar surface area (TPSA) is 69.9 Å². The summed E-state index contributed by atoms with van der Waals surface area (Å²) >= 11 is 0. The first-order valence-corrected chi connectivity index (χ1v) is 3.12. The highest BCUT2D eigenvalue weighted by atomic mass is 16.5. The second-order valence-electron chi connectivity index (χ2n) is 2.25. The van der Waals surface area contributed by atoms with E-state index >= 15 is 0 Å². The van der Waals surface area contributed by atoms with Crippen LogP contribution in [0.25, 0.3) is 0 Å². The average Bonchev–Trinajstić information content (AvgIpc) is 1.87. The molecule has 3 N–H and O–H groups in total. The van der Waals surface area contributed by atoms with E-state index in [4.69, 9.17) is 15.3 Å². The van der Waals surface area contributed by atoms with Gasteiger partial charge in [0.1, 0.15) is 12.2 Å². The van der Waals surface area contributed by atoms with Gasteiger partial charge < -0.3 is 20.1 Å². The molecule has 0 aromatic carbocycles.